The van der Waals surface area contributed by atoms with E-state index in [9.17, 15) is 19.2 Å². The quantitative estimate of drug-likeness (QED) is 0.533. The summed E-state index contributed by atoms with van der Waals surface area (Å²) in [5.74, 6) is -1.52. The standard InChI is InChI=1S/C14H18N4O8/c1-6(19)25-9-3-7(5-24-14(22)23-2)26-12(9)17-11-8(10(15)20)4-16-13(21)18-11/h4,7,9,12H,3,5H2,1-2H3,(H2,15,20)(H2,16,17,18,21)/t7-,9+,12+/m0/s1. The number of esters is 1. The zero-order valence-electron chi connectivity index (χ0n) is 14.0. The van der Waals surface area contributed by atoms with Crippen molar-refractivity contribution < 1.29 is 33.3 Å². The molecule has 2 heterocycles. The Morgan fingerprint density at radius 2 is 2.19 bits per heavy atom. The van der Waals surface area contributed by atoms with Crippen LogP contribution in [0.3, 0.4) is 0 Å². The largest absolute Gasteiger partial charge is 0.508 e. The van der Waals surface area contributed by atoms with Crippen molar-refractivity contribution in [3.63, 3.8) is 0 Å². The Hall–Kier alpha value is -3.15. The molecule has 0 unspecified atom stereocenters. The first-order valence-electron chi connectivity index (χ1n) is 7.49. The second-order valence-corrected chi connectivity index (χ2v) is 5.30. The van der Waals surface area contributed by atoms with Gasteiger partial charge >= 0.3 is 17.8 Å². The number of amides is 1. The third kappa shape index (κ3) is 4.92. The van der Waals surface area contributed by atoms with Gasteiger partial charge in [0.25, 0.3) is 5.91 Å². The number of nitrogens with two attached hydrogens (primary N) is 1. The molecule has 1 aliphatic rings. The average Bonchev–Trinajstić information content (AvgIpc) is 2.93. The summed E-state index contributed by atoms with van der Waals surface area (Å²) in [6.45, 7) is 1.07. The zero-order valence-corrected chi connectivity index (χ0v) is 14.0. The fraction of sp³-hybridized carbons (Fsp3) is 0.500. The first-order valence-corrected chi connectivity index (χ1v) is 7.49. The lowest BCUT2D eigenvalue weighted by Crippen LogP contribution is -2.35. The summed E-state index contributed by atoms with van der Waals surface area (Å²) in [4.78, 5) is 51.1. The van der Waals surface area contributed by atoms with E-state index in [-0.39, 0.29) is 24.4 Å². The van der Waals surface area contributed by atoms with Gasteiger partial charge in [-0.1, -0.05) is 0 Å². The van der Waals surface area contributed by atoms with E-state index in [0.29, 0.717) is 0 Å². The number of nitrogens with one attached hydrogen (secondary N) is 2. The number of nitrogens with zero attached hydrogens (tertiary/aromatic N) is 1. The van der Waals surface area contributed by atoms with E-state index < -0.39 is 42.2 Å². The van der Waals surface area contributed by atoms with Gasteiger partial charge in [0.05, 0.1) is 18.8 Å². The van der Waals surface area contributed by atoms with Crippen molar-refractivity contribution in [2.24, 2.45) is 5.73 Å². The molecule has 1 aliphatic heterocycles. The van der Waals surface area contributed by atoms with E-state index in [1.165, 1.54) is 6.92 Å². The van der Waals surface area contributed by atoms with Gasteiger partial charge in [-0.25, -0.2) is 9.59 Å². The molecule has 0 radical (unpaired) electrons. The topological polar surface area (TPSA) is 172 Å². The minimum absolute atomic E-state index is 0.0796. The van der Waals surface area contributed by atoms with Crippen LogP contribution in [0.15, 0.2) is 11.0 Å². The van der Waals surface area contributed by atoms with Gasteiger partial charge in [0.2, 0.25) is 0 Å². The maximum absolute atomic E-state index is 11.5. The number of carbonyl (C=O) groups is 3. The number of primary amides is 1. The Morgan fingerprint density at radius 3 is 2.81 bits per heavy atom. The number of anilines is 1. The maximum Gasteiger partial charge on any atom is 0.508 e. The predicted octanol–water partition coefficient (Wildman–Crippen LogP) is -0.890. The Labute approximate surface area is 147 Å². The second-order valence-electron chi connectivity index (χ2n) is 5.30. The number of carbonyl (C=O) groups excluding carboxylic acids is 3. The highest BCUT2D eigenvalue weighted by atomic mass is 16.7. The van der Waals surface area contributed by atoms with Gasteiger partial charge in [0.1, 0.15) is 18.5 Å². The fourth-order valence-corrected chi connectivity index (χ4v) is 2.34. The van der Waals surface area contributed by atoms with Crippen LogP contribution >= 0.6 is 0 Å². The summed E-state index contributed by atoms with van der Waals surface area (Å²) in [6.07, 6.45) is -1.92. The highest BCUT2D eigenvalue weighted by Crippen LogP contribution is 2.25. The first kappa shape index (κ1) is 19.2. The molecule has 0 spiro atoms. The van der Waals surface area contributed by atoms with Crippen LogP contribution in [0.25, 0.3) is 0 Å². The molecular formula is C14H18N4O8. The van der Waals surface area contributed by atoms with E-state index in [4.69, 9.17) is 19.9 Å². The summed E-state index contributed by atoms with van der Waals surface area (Å²) >= 11 is 0. The Bertz CT molecular complexity index is 749. The molecule has 12 nitrogen and oxygen atoms in total. The molecule has 1 aromatic heterocycles. The van der Waals surface area contributed by atoms with Gasteiger partial charge in [0, 0.05) is 19.5 Å². The van der Waals surface area contributed by atoms with Gasteiger partial charge in [-0.3, -0.25) is 9.59 Å². The van der Waals surface area contributed by atoms with Crippen molar-refractivity contribution in [2.45, 2.75) is 31.8 Å². The van der Waals surface area contributed by atoms with Crippen molar-refractivity contribution in [3.8, 4) is 0 Å². The van der Waals surface area contributed by atoms with Crippen LogP contribution in [0.1, 0.15) is 23.7 Å². The summed E-state index contributed by atoms with van der Waals surface area (Å²) in [7, 11) is 1.16. The first-order chi connectivity index (χ1) is 12.3. The van der Waals surface area contributed by atoms with E-state index >= 15 is 0 Å². The van der Waals surface area contributed by atoms with E-state index in [1.54, 1.807) is 0 Å². The molecule has 1 aromatic rings. The molecule has 0 aliphatic carbocycles. The van der Waals surface area contributed by atoms with Gasteiger partial charge in [-0.2, -0.15) is 4.98 Å². The number of ether oxygens (including phenoxy) is 4. The Morgan fingerprint density at radius 1 is 1.46 bits per heavy atom. The molecule has 2 rings (SSSR count). The number of methoxy groups -OCH3 is 1. The third-order valence-electron chi connectivity index (χ3n) is 3.40. The second kappa shape index (κ2) is 8.29. The maximum atomic E-state index is 11.5. The molecule has 12 heteroatoms. The van der Waals surface area contributed by atoms with Crippen molar-refractivity contribution in [1.82, 2.24) is 9.97 Å². The summed E-state index contributed by atoms with van der Waals surface area (Å²) in [5, 5.41) is 2.72. The lowest BCUT2D eigenvalue weighted by molar-refractivity contribution is -0.148. The summed E-state index contributed by atoms with van der Waals surface area (Å²) < 4.78 is 20.0. The number of rotatable bonds is 6. The van der Waals surface area contributed by atoms with Crippen LogP contribution in [-0.4, -0.2) is 60.2 Å². The monoisotopic (exact) mass is 370 g/mol. The van der Waals surface area contributed by atoms with Crippen LogP contribution in [0.2, 0.25) is 0 Å². The SMILES string of the molecule is COC(=O)OC[C@@H]1C[C@@H](OC(C)=O)[C@H](Nc2nc(=O)[nH]cc2C(N)=O)O1. The lowest BCUT2D eigenvalue weighted by atomic mass is 10.2. The van der Waals surface area contributed by atoms with E-state index in [0.717, 1.165) is 13.3 Å². The van der Waals surface area contributed by atoms with Crippen molar-refractivity contribution in [2.75, 3.05) is 19.0 Å². The van der Waals surface area contributed by atoms with Gasteiger partial charge in [0.15, 0.2) is 6.23 Å². The molecule has 0 bridgehead atoms. The molecule has 4 N–H and O–H groups in total. The smallest absolute Gasteiger partial charge is 0.458 e. The molecule has 142 valence electrons. The molecular weight excluding hydrogens is 352 g/mol. The summed E-state index contributed by atoms with van der Waals surface area (Å²) in [6, 6.07) is 0. The van der Waals surface area contributed by atoms with Crippen molar-refractivity contribution >= 4 is 23.8 Å². The third-order valence-corrected chi connectivity index (χ3v) is 3.40. The molecule has 0 saturated carbocycles. The molecule has 1 amide bonds. The number of aromatic amines is 1. The van der Waals surface area contributed by atoms with Crippen molar-refractivity contribution in [1.29, 1.82) is 0 Å². The number of hydrogen-bond donors (Lipinski definition) is 3. The Kier molecular flexibility index (Phi) is 6.11. The number of aromatic nitrogens is 2. The highest BCUT2D eigenvalue weighted by Gasteiger charge is 2.39. The van der Waals surface area contributed by atoms with Gasteiger partial charge < -0.3 is 35.0 Å². The Balaban J connectivity index is 2.15. The molecule has 26 heavy (non-hydrogen) atoms. The van der Waals surface area contributed by atoms with Crippen LogP contribution in [0.5, 0.6) is 0 Å². The van der Waals surface area contributed by atoms with E-state index in [1.807, 2.05) is 0 Å². The van der Waals surface area contributed by atoms with Crippen LogP contribution in [0.4, 0.5) is 10.6 Å². The molecule has 3 atom stereocenters. The van der Waals surface area contributed by atoms with Gasteiger partial charge in [-0.15, -0.1) is 0 Å². The van der Waals surface area contributed by atoms with Crippen LogP contribution in [0, 0.1) is 0 Å². The minimum atomic E-state index is -0.947. The normalized spacial score (nSPS) is 21.7. The van der Waals surface area contributed by atoms with Gasteiger partial charge in [-0.05, 0) is 0 Å². The van der Waals surface area contributed by atoms with Crippen LogP contribution < -0.4 is 16.7 Å². The number of H-pyrrole nitrogens is 1. The number of hydrogen-bond acceptors (Lipinski definition) is 10. The lowest BCUT2D eigenvalue weighted by Gasteiger charge is -2.20. The molecule has 1 fully saturated rings. The van der Waals surface area contributed by atoms with Crippen LogP contribution in [-0.2, 0) is 23.7 Å². The fourth-order valence-electron chi connectivity index (χ4n) is 2.34. The summed E-state index contributed by atoms with van der Waals surface area (Å²) in [5.41, 5.74) is 4.44. The van der Waals surface area contributed by atoms with E-state index in [2.05, 4.69) is 20.0 Å². The predicted molar refractivity (Wildman–Crippen MR) is 84.2 cm³/mol. The average molecular weight is 370 g/mol. The highest BCUT2D eigenvalue weighted by molar-refractivity contribution is 5.97. The zero-order chi connectivity index (χ0) is 19.3. The molecule has 1 saturated heterocycles. The minimum Gasteiger partial charge on any atom is -0.458 e. The molecule has 0 aromatic carbocycles. The van der Waals surface area contributed by atoms with Crippen molar-refractivity contribution in [3.05, 3.63) is 22.2 Å².